The zero-order valence-electron chi connectivity index (χ0n) is 11.6. The number of benzene rings is 1. The third-order valence-corrected chi connectivity index (χ3v) is 2.84. The minimum absolute atomic E-state index is 0.00989. The molecule has 1 heterocycles. The van der Waals surface area contributed by atoms with E-state index in [0.717, 1.165) is 12.5 Å². The number of hydrogen-bond acceptors (Lipinski definition) is 3. The first kappa shape index (κ1) is 16.0. The van der Waals surface area contributed by atoms with Gasteiger partial charge in [0.25, 0.3) is 5.56 Å². The van der Waals surface area contributed by atoms with Crippen molar-refractivity contribution < 1.29 is 17.6 Å². The van der Waals surface area contributed by atoms with Crippen molar-refractivity contribution in [1.82, 2.24) is 9.97 Å². The third-order valence-electron chi connectivity index (χ3n) is 2.84. The summed E-state index contributed by atoms with van der Waals surface area (Å²) in [6.07, 6.45) is -3.47. The molecule has 0 radical (unpaired) electrons. The number of anilines is 2. The Hall–Kier alpha value is -2.38. The van der Waals surface area contributed by atoms with E-state index in [4.69, 9.17) is 0 Å². The fourth-order valence-electron chi connectivity index (χ4n) is 1.91. The van der Waals surface area contributed by atoms with Crippen molar-refractivity contribution in [2.45, 2.75) is 25.9 Å². The fourth-order valence-corrected chi connectivity index (χ4v) is 1.91. The van der Waals surface area contributed by atoms with Crippen LogP contribution in [0.1, 0.15) is 24.6 Å². The van der Waals surface area contributed by atoms with Gasteiger partial charge in [-0.3, -0.25) is 9.78 Å². The minimum Gasteiger partial charge on any atom is -0.326 e. The van der Waals surface area contributed by atoms with Gasteiger partial charge in [0.15, 0.2) is 0 Å². The highest BCUT2D eigenvalue weighted by molar-refractivity contribution is 5.55. The van der Waals surface area contributed by atoms with Gasteiger partial charge in [-0.25, -0.2) is 9.37 Å². The molecule has 0 saturated carbocycles. The lowest BCUT2D eigenvalue weighted by Gasteiger charge is -2.11. The monoisotopic (exact) mass is 315 g/mol. The van der Waals surface area contributed by atoms with E-state index in [0.29, 0.717) is 24.2 Å². The van der Waals surface area contributed by atoms with Gasteiger partial charge in [-0.15, -0.1) is 0 Å². The fraction of sp³-hybridized carbons (Fsp3) is 0.286. The molecule has 4 nitrogen and oxygen atoms in total. The summed E-state index contributed by atoms with van der Waals surface area (Å²) in [5.41, 5.74) is -1.30. The number of hydrogen-bond donors (Lipinski definition) is 2. The van der Waals surface area contributed by atoms with E-state index in [-0.39, 0.29) is 11.6 Å². The molecule has 0 bridgehead atoms. The van der Waals surface area contributed by atoms with Crippen molar-refractivity contribution in [2.24, 2.45) is 0 Å². The Morgan fingerprint density at radius 1 is 1.27 bits per heavy atom. The molecule has 0 amide bonds. The van der Waals surface area contributed by atoms with Crippen LogP contribution in [0, 0.1) is 5.82 Å². The standard InChI is InChI=1S/C14H13F4N3O/c1-2-3-8-7-12(22)21-13(19-8)20-9-4-5-11(15)10(6-9)14(16,17)18/h4-7H,2-3H2,1H3,(H2,19,20,21,22). The average molecular weight is 315 g/mol. The Morgan fingerprint density at radius 3 is 2.64 bits per heavy atom. The summed E-state index contributed by atoms with van der Waals surface area (Å²) in [5.74, 6) is -1.35. The predicted molar refractivity (Wildman–Crippen MR) is 73.5 cm³/mol. The molecule has 8 heteroatoms. The Kier molecular flexibility index (Phi) is 4.48. The van der Waals surface area contributed by atoms with Crippen molar-refractivity contribution in [2.75, 3.05) is 5.32 Å². The molecular formula is C14H13F4N3O. The molecule has 0 spiro atoms. The predicted octanol–water partition coefficient (Wildman–Crippen LogP) is 3.62. The summed E-state index contributed by atoms with van der Waals surface area (Å²) in [4.78, 5) is 17.9. The molecule has 2 rings (SSSR count). The van der Waals surface area contributed by atoms with E-state index in [2.05, 4.69) is 15.3 Å². The van der Waals surface area contributed by atoms with Gasteiger partial charge >= 0.3 is 6.18 Å². The number of nitrogens with zero attached hydrogens (tertiary/aromatic N) is 1. The van der Waals surface area contributed by atoms with E-state index in [1.54, 1.807) is 0 Å². The highest BCUT2D eigenvalue weighted by atomic mass is 19.4. The second kappa shape index (κ2) is 6.17. The maximum Gasteiger partial charge on any atom is 0.419 e. The van der Waals surface area contributed by atoms with Gasteiger partial charge in [0, 0.05) is 17.4 Å². The van der Waals surface area contributed by atoms with Crippen molar-refractivity contribution >= 4 is 11.6 Å². The van der Waals surface area contributed by atoms with Crippen LogP contribution in [-0.4, -0.2) is 9.97 Å². The lowest BCUT2D eigenvalue weighted by Crippen LogP contribution is -2.13. The summed E-state index contributed by atoms with van der Waals surface area (Å²) in [6, 6.07) is 3.79. The first-order valence-corrected chi connectivity index (χ1v) is 6.53. The molecule has 0 aliphatic heterocycles. The number of halogens is 4. The number of rotatable bonds is 4. The molecule has 1 aromatic heterocycles. The molecular weight excluding hydrogens is 302 g/mol. The molecule has 118 valence electrons. The topological polar surface area (TPSA) is 57.8 Å². The zero-order valence-corrected chi connectivity index (χ0v) is 11.6. The van der Waals surface area contributed by atoms with Crippen LogP contribution in [0.5, 0.6) is 0 Å². The van der Waals surface area contributed by atoms with Crippen LogP contribution in [-0.2, 0) is 12.6 Å². The summed E-state index contributed by atoms with van der Waals surface area (Å²) in [7, 11) is 0. The zero-order chi connectivity index (χ0) is 16.3. The number of nitrogens with one attached hydrogen (secondary N) is 2. The van der Waals surface area contributed by atoms with Gasteiger partial charge in [-0.05, 0) is 24.6 Å². The highest BCUT2D eigenvalue weighted by Crippen LogP contribution is 2.33. The molecule has 0 saturated heterocycles. The summed E-state index contributed by atoms with van der Waals surface area (Å²) in [5, 5.41) is 2.55. The number of aryl methyl sites for hydroxylation is 1. The van der Waals surface area contributed by atoms with Crippen molar-refractivity contribution in [3.8, 4) is 0 Å². The average Bonchev–Trinajstić information content (AvgIpc) is 2.39. The molecule has 2 N–H and O–H groups in total. The molecule has 0 aliphatic carbocycles. The maximum absolute atomic E-state index is 13.2. The van der Waals surface area contributed by atoms with Gasteiger partial charge in [-0.1, -0.05) is 13.3 Å². The maximum atomic E-state index is 13.2. The number of H-pyrrole nitrogens is 1. The van der Waals surface area contributed by atoms with Crippen LogP contribution in [0.25, 0.3) is 0 Å². The van der Waals surface area contributed by atoms with Gasteiger partial charge in [-0.2, -0.15) is 13.2 Å². The van der Waals surface area contributed by atoms with Crippen molar-refractivity contribution in [1.29, 1.82) is 0 Å². The van der Waals surface area contributed by atoms with E-state index < -0.39 is 23.1 Å². The molecule has 0 aliphatic rings. The van der Waals surface area contributed by atoms with Gasteiger partial charge in [0.1, 0.15) is 5.82 Å². The normalized spacial score (nSPS) is 11.5. The molecule has 0 atom stereocenters. The summed E-state index contributed by atoms with van der Waals surface area (Å²) < 4.78 is 51.2. The van der Waals surface area contributed by atoms with Crippen LogP contribution in [0.15, 0.2) is 29.1 Å². The minimum atomic E-state index is -4.80. The van der Waals surface area contributed by atoms with Gasteiger partial charge < -0.3 is 5.32 Å². The lowest BCUT2D eigenvalue weighted by molar-refractivity contribution is -0.139. The Bertz CT molecular complexity index is 725. The third kappa shape index (κ3) is 3.84. The summed E-state index contributed by atoms with van der Waals surface area (Å²) in [6.45, 7) is 1.91. The first-order valence-electron chi connectivity index (χ1n) is 6.53. The van der Waals surface area contributed by atoms with Crippen molar-refractivity contribution in [3.05, 3.63) is 51.7 Å². The van der Waals surface area contributed by atoms with E-state index >= 15 is 0 Å². The molecule has 0 fully saturated rings. The summed E-state index contributed by atoms with van der Waals surface area (Å²) >= 11 is 0. The van der Waals surface area contributed by atoms with Crippen molar-refractivity contribution in [3.63, 3.8) is 0 Å². The van der Waals surface area contributed by atoms with E-state index in [9.17, 15) is 22.4 Å². The van der Waals surface area contributed by atoms with E-state index in [1.807, 2.05) is 6.92 Å². The smallest absolute Gasteiger partial charge is 0.326 e. The SMILES string of the molecule is CCCc1cc(=O)[nH]c(Nc2ccc(F)c(C(F)(F)F)c2)n1. The molecule has 1 aromatic carbocycles. The quantitative estimate of drug-likeness (QED) is 0.847. The Labute approximate surface area is 123 Å². The highest BCUT2D eigenvalue weighted by Gasteiger charge is 2.34. The van der Waals surface area contributed by atoms with Crippen LogP contribution >= 0.6 is 0 Å². The second-order valence-electron chi connectivity index (χ2n) is 4.65. The lowest BCUT2D eigenvalue weighted by atomic mass is 10.2. The first-order chi connectivity index (χ1) is 10.3. The van der Waals surface area contributed by atoms with Crippen LogP contribution < -0.4 is 10.9 Å². The number of aromatic nitrogens is 2. The second-order valence-corrected chi connectivity index (χ2v) is 4.65. The Morgan fingerprint density at radius 2 is 2.00 bits per heavy atom. The van der Waals surface area contributed by atoms with Gasteiger partial charge in [0.2, 0.25) is 5.95 Å². The largest absolute Gasteiger partial charge is 0.419 e. The van der Waals surface area contributed by atoms with Crippen LogP contribution in [0.2, 0.25) is 0 Å². The molecule has 2 aromatic rings. The number of aromatic amines is 1. The van der Waals surface area contributed by atoms with E-state index in [1.165, 1.54) is 6.07 Å². The van der Waals surface area contributed by atoms with Crippen LogP contribution in [0.4, 0.5) is 29.2 Å². The molecule has 0 unspecified atom stereocenters. The van der Waals surface area contributed by atoms with Gasteiger partial charge in [0.05, 0.1) is 5.56 Å². The number of alkyl halides is 3. The van der Waals surface area contributed by atoms with Crippen LogP contribution in [0.3, 0.4) is 0 Å². The molecule has 22 heavy (non-hydrogen) atoms. The Balaban J connectivity index is 2.33.